The van der Waals surface area contributed by atoms with Crippen molar-refractivity contribution in [3.05, 3.63) is 17.5 Å². The minimum atomic E-state index is -0.360. The SMILES string of the molecule is CCOC(=O)c1cnc(NCCC2CCC2)nc1C. The van der Waals surface area contributed by atoms with Crippen LogP contribution in [0.15, 0.2) is 6.20 Å². The van der Waals surface area contributed by atoms with Gasteiger partial charge in [-0.2, -0.15) is 0 Å². The highest BCUT2D eigenvalue weighted by Gasteiger charge is 2.17. The number of carbonyl (C=O) groups excluding carboxylic acids is 1. The van der Waals surface area contributed by atoms with E-state index < -0.39 is 0 Å². The van der Waals surface area contributed by atoms with Crippen molar-refractivity contribution in [1.29, 1.82) is 0 Å². The van der Waals surface area contributed by atoms with Crippen LogP contribution in [0.3, 0.4) is 0 Å². The van der Waals surface area contributed by atoms with Gasteiger partial charge < -0.3 is 10.1 Å². The van der Waals surface area contributed by atoms with Crippen molar-refractivity contribution in [1.82, 2.24) is 9.97 Å². The Kier molecular flexibility index (Phi) is 4.71. The molecule has 5 nitrogen and oxygen atoms in total. The van der Waals surface area contributed by atoms with E-state index in [0.717, 1.165) is 12.5 Å². The number of esters is 1. The number of rotatable bonds is 6. The number of carbonyl (C=O) groups is 1. The standard InChI is InChI=1S/C14H21N3O2/c1-3-19-13(18)12-9-16-14(17-10(12)2)15-8-7-11-5-4-6-11/h9,11H,3-8H2,1-2H3,(H,15,16,17). The van der Waals surface area contributed by atoms with E-state index in [4.69, 9.17) is 4.74 Å². The van der Waals surface area contributed by atoms with Gasteiger partial charge in [0.05, 0.1) is 17.9 Å². The van der Waals surface area contributed by atoms with Crippen LogP contribution in [0.2, 0.25) is 0 Å². The van der Waals surface area contributed by atoms with E-state index in [1.165, 1.54) is 31.9 Å². The van der Waals surface area contributed by atoms with E-state index in [-0.39, 0.29) is 5.97 Å². The van der Waals surface area contributed by atoms with Gasteiger partial charge in [-0.15, -0.1) is 0 Å². The van der Waals surface area contributed by atoms with Crippen LogP contribution in [0.4, 0.5) is 5.95 Å². The first-order valence-corrected chi connectivity index (χ1v) is 6.95. The molecule has 0 unspecified atom stereocenters. The molecule has 1 aliphatic carbocycles. The van der Waals surface area contributed by atoms with Gasteiger partial charge in [-0.1, -0.05) is 19.3 Å². The first-order chi connectivity index (χ1) is 9.20. The first-order valence-electron chi connectivity index (χ1n) is 6.95. The number of ether oxygens (including phenoxy) is 1. The molecule has 19 heavy (non-hydrogen) atoms. The van der Waals surface area contributed by atoms with Crippen molar-refractivity contribution in [3.63, 3.8) is 0 Å². The molecule has 2 rings (SSSR count). The zero-order valence-corrected chi connectivity index (χ0v) is 11.6. The van der Waals surface area contributed by atoms with Gasteiger partial charge in [0.15, 0.2) is 0 Å². The Balaban J connectivity index is 1.88. The molecule has 1 saturated carbocycles. The summed E-state index contributed by atoms with van der Waals surface area (Å²) in [6, 6.07) is 0. The lowest BCUT2D eigenvalue weighted by atomic mass is 9.83. The molecule has 0 saturated heterocycles. The lowest BCUT2D eigenvalue weighted by Gasteiger charge is -2.25. The summed E-state index contributed by atoms with van der Waals surface area (Å²) in [5.74, 6) is 1.10. The summed E-state index contributed by atoms with van der Waals surface area (Å²) < 4.78 is 4.94. The van der Waals surface area contributed by atoms with Crippen molar-refractivity contribution in [2.75, 3.05) is 18.5 Å². The van der Waals surface area contributed by atoms with Crippen LogP contribution in [0.5, 0.6) is 0 Å². The van der Waals surface area contributed by atoms with Gasteiger partial charge >= 0.3 is 5.97 Å². The number of aromatic nitrogens is 2. The van der Waals surface area contributed by atoms with Gasteiger partial charge in [0.25, 0.3) is 0 Å². The van der Waals surface area contributed by atoms with Gasteiger partial charge in [-0.3, -0.25) is 0 Å². The quantitative estimate of drug-likeness (QED) is 0.799. The zero-order chi connectivity index (χ0) is 13.7. The fourth-order valence-corrected chi connectivity index (χ4v) is 2.13. The van der Waals surface area contributed by atoms with E-state index in [1.54, 1.807) is 13.8 Å². The molecule has 0 spiro atoms. The second kappa shape index (κ2) is 6.50. The van der Waals surface area contributed by atoms with Gasteiger partial charge in [-0.25, -0.2) is 14.8 Å². The number of aryl methyl sites for hydroxylation is 1. The molecule has 0 aromatic carbocycles. The highest BCUT2D eigenvalue weighted by Crippen LogP contribution is 2.28. The Bertz CT molecular complexity index is 444. The maximum atomic E-state index is 11.6. The molecule has 1 N–H and O–H groups in total. The number of anilines is 1. The van der Waals surface area contributed by atoms with Crippen molar-refractivity contribution in [2.45, 2.75) is 39.5 Å². The van der Waals surface area contributed by atoms with Crippen LogP contribution >= 0.6 is 0 Å². The Hall–Kier alpha value is -1.65. The average molecular weight is 263 g/mol. The first kappa shape index (κ1) is 13.8. The molecule has 5 heteroatoms. The van der Waals surface area contributed by atoms with Crippen LogP contribution in [-0.4, -0.2) is 29.1 Å². The third kappa shape index (κ3) is 3.66. The number of nitrogens with zero attached hydrogens (tertiary/aromatic N) is 2. The van der Waals surface area contributed by atoms with Crippen LogP contribution in [-0.2, 0) is 4.74 Å². The second-order valence-corrected chi connectivity index (χ2v) is 4.93. The zero-order valence-electron chi connectivity index (χ0n) is 11.6. The smallest absolute Gasteiger partial charge is 0.341 e. The lowest BCUT2D eigenvalue weighted by molar-refractivity contribution is 0.0524. The highest BCUT2D eigenvalue weighted by atomic mass is 16.5. The number of hydrogen-bond acceptors (Lipinski definition) is 5. The molecule has 1 heterocycles. The largest absolute Gasteiger partial charge is 0.462 e. The summed E-state index contributed by atoms with van der Waals surface area (Å²) in [4.78, 5) is 20.1. The van der Waals surface area contributed by atoms with E-state index in [2.05, 4.69) is 15.3 Å². The van der Waals surface area contributed by atoms with Gasteiger partial charge in [0, 0.05) is 12.7 Å². The van der Waals surface area contributed by atoms with E-state index in [9.17, 15) is 4.79 Å². The normalized spacial score (nSPS) is 14.8. The topological polar surface area (TPSA) is 64.1 Å². The molecule has 0 aliphatic heterocycles. The molecule has 0 radical (unpaired) electrons. The number of nitrogens with one attached hydrogen (secondary N) is 1. The maximum absolute atomic E-state index is 11.6. The fourth-order valence-electron chi connectivity index (χ4n) is 2.13. The summed E-state index contributed by atoms with van der Waals surface area (Å²) in [5.41, 5.74) is 1.09. The summed E-state index contributed by atoms with van der Waals surface area (Å²) in [6.07, 6.45) is 6.77. The predicted molar refractivity (Wildman–Crippen MR) is 73.2 cm³/mol. The van der Waals surface area contributed by atoms with Crippen molar-refractivity contribution in [3.8, 4) is 0 Å². The third-order valence-electron chi connectivity index (χ3n) is 3.54. The molecule has 1 aliphatic rings. The van der Waals surface area contributed by atoms with Crippen molar-refractivity contribution >= 4 is 11.9 Å². The van der Waals surface area contributed by atoms with Gasteiger partial charge in [0.2, 0.25) is 5.95 Å². The summed E-state index contributed by atoms with van der Waals surface area (Å²) >= 11 is 0. The molecular formula is C14H21N3O2. The Morgan fingerprint density at radius 2 is 2.32 bits per heavy atom. The minimum Gasteiger partial charge on any atom is -0.462 e. The molecule has 104 valence electrons. The summed E-state index contributed by atoms with van der Waals surface area (Å²) in [7, 11) is 0. The molecule has 0 bridgehead atoms. The third-order valence-corrected chi connectivity index (χ3v) is 3.54. The second-order valence-electron chi connectivity index (χ2n) is 4.93. The summed E-state index contributed by atoms with van der Waals surface area (Å²) in [5, 5.41) is 3.21. The predicted octanol–water partition coefficient (Wildman–Crippen LogP) is 2.56. The average Bonchev–Trinajstić information content (AvgIpc) is 2.32. The Morgan fingerprint density at radius 3 is 2.89 bits per heavy atom. The Morgan fingerprint density at radius 1 is 1.53 bits per heavy atom. The fraction of sp³-hybridized carbons (Fsp3) is 0.643. The minimum absolute atomic E-state index is 0.360. The van der Waals surface area contributed by atoms with E-state index >= 15 is 0 Å². The molecule has 1 aromatic heterocycles. The van der Waals surface area contributed by atoms with Gasteiger partial charge in [0.1, 0.15) is 0 Å². The van der Waals surface area contributed by atoms with E-state index in [1.807, 2.05) is 0 Å². The molecule has 1 fully saturated rings. The van der Waals surface area contributed by atoms with Crippen LogP contribution in [0.25, 0.3) is 0 Å². The molecule has 0 atom stereocenters. The van der Waals surface area contributed by atoms with Crippen LogP contribution < -0.4 is 5.32 Å². The Labute approximate surface area is 113 Å². The summed E-state index contributed by atoms with van der Waals surface area (Å²) in [6.45, 7) is 4.83. The van der Waals surface area contributed by atoms with Crippen LogP contribution in [0.1, 0.15) is 48.7 Å². The highest BCUT2D eigenvalue weighted by molar-refractivity contribution is 5.90. The van der Waals surface area contributed by atoms with Crippen molar-refractivity contribution in [2.24, 2.45) is 5.92 Å². The number of hydrogen-bond donors (Lipinski definition) is 1. The maximum Gasteiger partial charge on any atom is 0.341 e. The van der Waals surface area contributed by atoms with Crippen LogP contribution in [0, 0.1) is 12.8 Å². The monoisotopic (exact) mass is 263 g/mol. The lowest BCUT2D eigenvalue weighted by Crippen LogP contribution is -2.17. The van der Waals surface area contributed by atoms with E-state index in [0.29, 0.717) is 23.8 Å². The van der Waals surface area contributed by atoms with Gasteiger partial charge in [-0.05, 0) is 26.2 Å². The molecular weight excluding hydrogens is 242 g/mol. The molecule has 1 aromatic rings. The molecule has 0 amide bonds. The van der Waals surface area contributed by atoms with Crippen molar-refractivity contribution < 1.29 is 9.53 Å².